The maximum absolute atomic E-state index is 13.1. The summed E-state index contributed by atoms with van der Waals surface area (Å²) in [5, 5.41) is 12.6. The van der Waals surface area contributed by atoms with E-state index >= 15 is 0 Å². The summed E-state index contributed by atoms with van der Waals surface area (Å²) in [5.74, 6) is -2.35. The molecule has 1 aromatic rings. The number of sulfonamides is 1. The van der Waals surface area contributed by atoms with E-state index in [9.17, 15) is 23.1 Å². The summed E-state index contributed by atoms with van der Waals surface area (Å²) in [5.41, 5.74) is 0. The number of hydrogen-bond acceptors (Lipinski definition) is 5. The fraction of sp³-hybridized carbons (Fsp3) is 0.556. The first-order valence-corrected chi connectivity index (χ1v) is 11.5. The normalized spacial score (nSPS) is 31.9. The Bertz CT molecular complexity index is 935. The van der Waals surface area contributed by atoms with Crippen molar-refractivity contribution in [1.82, 2.24) is 9.62 Å². The zero-order chi connectivity index (χ0) is 20.9. The van der Waals surface area contributed by atoms with E-state index in [-0.39, 0.29) is 27.6 Å². The smallest absolute Gasteiger partial charge is 0.311 e. The molecule has 2 N–H and O–H groups in total. The Morgan fingerprint density at radius 3 is 2.41 bits per heavy atom. The van der Waals surface area contributed by atoms with Gasteiger partial charge in [0.15, 0.2) is 0 Å². The van der Waals surface area contributed by atoms with Gasteiger partial charge in [-0.3, -0.25) is 9.59 Å². The Morgan fingerprint density at radius 2 is 1.76 bits per heavy atom. The molecule has 8 nitrogen and oxygen atoms in total. The Balaban J connectivity index is 1.55. The summed E-state index contributed by atoms with van der Waals surface area (Å²) in [6.07, 6.45) is 1.41. The molecule has 3 aliphatic rings. The minimum absolute atomic E-state index is 0.0821. The van der Waals surface area contributed by atoms with Gasteiger partial charge in [-0.15, -0.1) is 0 Å². The predicted octanol–water partition coefficient (Wildman–Crippen LogP) is 1.89. The van der Waals surface area contributed by atoms with Gasteiger partial charge in [-0.1, -0.05) is 23.2 Å². The second-order valence-corrected chi connectivity index (χ2v) is 10.3. The molecule has 3 saturated heterocycles. The van der Waals surface area contributed by atoms with Crippen LogP contribution in [0.15, 0.2) is 23.1 Å². The van der Waals surface area contributed by atoms with Crippen molar-refractivity contribution in [3.05, 3.63) is 28.2 Å². The third-order valence-corrected chi connectivity index (χ3v) is 8.14. The minimum atomic E-state index is -4.00. The molecule has 1 amide bonds. The van der Waals surface area contributed by atoms with Crippen LogP contribution in [0.25, 0.3) is 0 Å². The molecule has 2 bridgehead atoms. The van der Waals surface area contributed by atoms with E-state index in [1.165, 1.54) is 18.2 Å². The lowest BCUT2D eigenvalue weighted by Gasteiger charge is -2.29. The molecule has 0 aromatic heterocycles. The molecule has 3 aliphatic heterocycles. The molecule has 158 valence electrons. The van der Waals surface area contributed by atoms with Gasteiger partial charge >= 0.3 is 5.97 Å². The summed E-state index contributed by atoms with van der Waals surface area (Å²) >= 11 is 11.9. The third-order valence-electron chi connectivity index (χ3n) is 5.82. The van der Waals surface area contributed by atoms with Crippen molar-refractivity contribution in [3.8, 4) is 0 Å². The summed E-state index contributed by atoms with van der Waals surface area (Å²) in [6.45, 7) is 0.181. The lowest BCUT2D eigenvalue weighted by molar-refractivity contribution is -0.144. The summed E-state index contributed by atoms with van der Waals surface area (Å²) in [6, 6.07) is 2.42. The Kier molecular flexibility index (Phi) is 5.54. The van der Waals surface area contributed by atoms with E-state index in [2.05, 4.69) is 5.32 Å². The molecule has 5 atom stereocenters. The molecule has 29 heavy (non-hydrogen) atoms. The monoisotopic (exact) mass is 462 g/mol. The Labute approximate surface area is 178 Å². The summed E-state index contributed by atoms with van der Waals surface area (Å²) in [7, 11) is -4.00. The molecule has 2 unspecified atom stereocenters. The highest BCUT2D eigenvalue weighted by atomic mass is 35.5. The van der Waals surface area contributed by atoms with Crippen LogP contribution in [-0.4, -0.2) is 60.5 Å². The molecule has 0 saturated carbocycles. The van der Waals surface area contributed by atoms with Crippen molar-refractivity contribution in [1.29, 1.82) is 0 Å². The van der Waals surface area contributed by atoms with E-state index < -0.39 is 46.0 Å². The topological polar surface area (TPSA) is 113 Å². The van der Waals surface area contributed by atoms with Gasteiger partial charge in [-0.05, 0) is 43.9 Å². The lowest BCUT2D eigenvalue weighted by Crippen LogP contribution is -2.54. The number of nitrogens with zero attached hydrogens (tertiary/aromatic N) is 1. The van der Waals surface area contributed by atoms with E-state index in [1.54, 1.807) is 0 Å². The number of carbonyl (C=O) groups excluding carboxylic acids is 1. The SMILES string of the molecule is O=C(O)[C@H]1C2CCC(O2)[C@@H]1NC(=O)[C@@H]1CCCN1S(=O)(=O)c1cc(Cl)cc(Cl)c1. The van der Waals surface area contributed by atoms with Gasteiger partial charge in [0.05, 0.1) is 23.1 Å². The van der Waals surface area contributed by atoms with Gasteiger partial charge in [0.1, 0.15) is 12.0 Å². The highest BCUT2D eigenvalue weighted by molar-refractivity contribution is 7.89. The zero-order valence-corrected chi connectivity index (χ0v) is 17.6. The largest absolute Gasteiger partial charge is 0.481 e. The highest BCUT2D eigenvalue weighted by Crippen LogP contribution is 2.39. The van der Waals surface area contributed by atoms with Crippen molar-refractivity contribution in [3.63, 3.8) is 0 Å². The number of hydrogen-bond donors (Lipinski definition) is 2. The maximum Gasteiger partial charge on any atom is 0.311 e. The first kappa shape index (κ1) is 20.9. The van der Waals surface area contributed by atoms with Crippen molar-refractivity contribution < 1.29 is 27.9 Å². The molecule has 11 heteroatoms. The molecule has 0 aliphatic carbocycles. The van der Waals surface area contributed by atoms with Crippen LogP contribution in [0.5, 0.6) is 0 Å². The highest BCUT2D eigenvalue weighted by Gasteiger charge is 2.54. The van der Waals surface area contributed by atoms with Crippen LogP contribution in [0.2, 0.25) is 10.0 Å². The van der Waals surface area contributed by atoms with Crippen LogP contribution in [0.4, 0.5) is 0 Å². The molecular weight excluding hydrogens is 443 g/mol. The first-order valence-electron chi connectivity index (χ1n) is 9.35. The van der Waals surface area contributed by atoms with Crippen LogP contribution in [-0.2, 0) is 24.3 Å². The number of nitrogens with one attached hydrogen (secondary N) is 1. The van der Waals surface area contributed by atoms with E-state index in [1.807, 2.05) is 0 Å². The van der Waals surface area contributed by atoms with Gasteiger partial charge in [-0.2, -0.15) is 4.31 Å². The second kappa shape index (κ2) is 7.70. The van der Waals surface area contributed by atoms with Crippen LogP contribution in [0.1, 0.15) is 25.7 Å². The number of benzene rings is 1. The van der Waals surface area contributed by atoms with Gasteiger partial charge < -0.3 is 15.2 Å². The number of carboxylic acid groups (broad SMARTS) is 1. The van der Waals surface area contributed by atoms with Crippen LogP contribution in [0, 0.1) is 5.92 Å². The van der Waals surface area contributed by atoms with Crippen molar-refractivity contribution in [2.75, 3.05) is 6.54 Å². The van der Waals surface area contributed by atoms with E-state index in [0.29, 0.717) is 25.7 Å². The predicted molar refractivity (Wildman–Crippen MR) is 104 cm³/mol. The van der Waals surface area contributed by atoms with Crippen LogP contribution < -0.4 is 5.32 Å². The number of amides is 1. The first-order chi connectivity index (χ1) is 13.7. The van der Waals surface area contributed by atoms with E-state index in [4.69, 9.17) is 27.9 Å². The van der Waals surface area contributed by atoms with Crippen molar-refractivity contribution in [2.45, 2.75) is 54.9 Å². The van der Waals surface area contributed by atoms with Gasteiger partial charge in [-0.25, -0.2) is 8.42 Å². The van der Waals surface area contributed by atoms with Crippen molar-refractivity contribution in [2.24, 2.45) is 5.92 Å². The van der Waals surface area contributed by atoms with Gasteiger partial charge in [0, 0.05) is 16.6 Å². The van der Waals surface area contributed by atoms with E-state index in [0.717, 1.165) is 4.31 Å². The Hall–Kier alpha value is -1.39. The number of carbonyl (C=O) groups is 2. The number of carboxylic acids is 1. The molecule has 1 aromatic carbocycles. The fourth-order valence-electron chi connectivity index (χ4n) is 4.54. The lowest BCUT2D eigenvalue weighted by atomic mass is 9.84. The fourth-order valence-corrected chi connectivity index (χ4v) is 6.92. The second-order valence-electron chi connectivity index (χ2n) is 7.57. The van der Waals surface area contributed by atoms with Crippen molar-refractivity contribution >= 4 is 45.1 Å². The van der Waals surface area contributed by atoms with Gasteiger partial charge in [0.2, 0.25) is 15.9 Å². The minimum Gasteiger partial charge on any atom is -0.481 e. The number of fused-ring (bicyclic) bond motifs is 2. The molecule has 3 heterocycles. The molecule has 3 fully saturated rings. The molecule has 0 radical (unpaired) electrons. The maximum atomic E-state index is 13.1. The standard InChI is InChI=1S/C18H20Cl2N2O6S/c19-9-6-10(20)8-11(7-9)29(26,27)22-5-1-2-12(22)17(23)21-16-14-4-3-13(28-14)15(16)18(24)25/h6-8,12-16H,1-5H2,(H,21,23)(H,24,25)/t12-,13?,14?,15-,16-/m0/s1. The van der Waals surface area contributed by atoms with Crippen LogP contribution in [0.3, 0.4) is 0 Å². The van der Waals surface area contributed by atoms with Gasteiger partial charge in [0.25, 0.3) is 0 Å². The number of aliphatic carboxylic acids is 1. The number of halogens is 2. The molecular formula is C18H20Cl2N2O6S. The molecule has 4 rings (SSSR count). The number of ether oxygens (including phenoxy) is 1. The Morgan fingerprint density at radius 1 is 1.10 bits per heavy atom. The quantitative estimate of drug-likeness (QED) is 0.690. The molecule has 0 spiro atoms. The summed E-state index contributed by atoms with van der Waals surface area (Å²) in [4.78, 5) is 24.5. The zero-order valence-electron chi connectivity index (χ0n) is 15.3. The van der Waals surface area contributed by atoms with Crippen LogP contribution >= 0.6 is 23.2 Å². The summed E-state index contributed by atoms with van der Waals surface area (Å²) < 4.78 is 33.0. The average molecular weight is 463 g/mol. The third kappa shape index (κ3) is 3.74. The number of rotatable bonds is 5. The average Bonchev–Trinajstić information content (AvgIpc) is 3.36.